The Morgan fingerprint density at radius 1 is 1.35 bits per heavy atom. The van der Waals surface area contributed by atoms with Gasteiger partial charge in [0.05, 0.1) is 13.2 Å². The van der Waals surface area contributed by atoms with Crippen LogP contribution in [0.5, 0.6) is 0 Å². The highest BCUT2D eigenvalue weighted by atomic mass is 16.3. The molecule has 0 aromatic carbocycles. The lowest BCUT2D eigenvalue weighted by Crippen LogP contribution is -2.53. The number of rotatable bonds is 5. The summed E-state index contributed by atoms with van der Waals surface area (Å²) in [6, 6.07) is 0.473. The van der Waals surface area contributed by atoms with E-state index in [0.29, 0.717) is 12.6 Å². The highest BCUT2D eigenvalue weighted by Gasteiger charge is 2.33. The Kier molecular flexibility index (Phi) is 4.05. The lowest BCUT2D eigenvalue weighted by Gasteiger charge is -2.37. The zero-order valence-corrected chi connectivity index (χ0v) is 10.7. The number of amides is 1. The molecular weight excluding hydrogens is 216 g/mol. The van der Waals surface area contributed by atoms with Crippen LogP contribution in [0.1, 0.15) is 44.9 Å². The van der Waals surface area contributed by atoms with Crippen molar-refractivity contribution < 1.29 is 9.90 Å². The van der Waals surface area contributed by atoms with Gasteiger partial charge in [-0.3, -0.25) is 4.79 Å². The van der Waals surface area contributed by atoms with Crippen LogP contribution in [0, 0.1) is 0 Å². The molecule has 0 aliphatic heterocycles. The Labute approximate surface area is 103 Å². The van der Waals surface area contributed by atoms with Crippen molar-refractivity contribution in [1.29, 1.82) is 0 Å². The van der Waals surface area contributed by atoms with Gasteiger partial charge in [-0.05, 0) is 25.7 Å². The van der Waals surface area contributed by atoms with E-state index in [4.69, 9.17) is 0 Å². The Morgan fingerprint density at radius 3 is 2.53 bits per heavy atom. The molecule has 98 valence electrons. The van der Waals surface area contributed by atoms with E-state index < -0.39 is 0 Å². The van der Waals surface area contributed by atoms with Gasteiger partial charge in [0.15, 0.2) is 0 Å². The molecule has 0 radical (unpaired) electrons. The van der Waals surface area contributed by atoms with Crippen LogP contribution in [0.15, 0.2) is 0 Å². The fourth-order valence-electron chi connectivity index (χ4n) is 2.67. The molecule has 0 heterocycles. The Morgan fingerprint density at radius 2 is 2.00 bits per heavy atom. The summed E-state index contributed by atoms with van der Waals surface area (Å²) < 4.78 is 0. The van der Waals surface area contributed by atoms with Crippen molar-refractivity contribution in [1.82, 2.24) is 10.2 Å². The van der Waals surface area contributed by atoms with Crippen LogP contribution in [-0.2, 0) is 4.79 Å². The lowest BCUT2D eigenvalue weighted by atomic mass is 9.82. The summed E-state index contributed by atoms with van der Waals surface area (Å²) in [5, 5.41) is 12.8. The number of nitrogens with one attached hydrogen (secondary N) is 1. The van der Waals surface area contributed by atoms with E-state index in [9.17, 15) is 9.90 Å². The van der Waals surface area contributed by atoms with Crippen LogP contribution in [0.2, 0.25) is 0 Å². The summed E-state index contributed by atoms with van der Waals surface area (Å²) in [5.41, 5.74) is -0.196. The third kappa shape index (κ3) is 3.19. The molecule has 17 heavy (non-hydrogen) atoms. The normalized spacial score (nSPS) is 23.4. The van der Waals surface area contributed by atoms with Crippen LogP contribution in [0.4, 0.5) is 0 Å². The fraction of sp³-hybridized carbons (Fsp3) is 0.923. The van der Waals surface area contributed by atoms with E-state index >= 15 is 0 Å². The third-order valence-electron chi connectivity index (χ3n) is 4.22. The van der Waals surface area contributed by atoms with Gasteiger partial charge < -0.3 is 15.3 Å². The summed E-state index contributed by atoms with van der Waals surface area (Å²) in [4.78, 5) is 13.8. The predicted octanol–water partition coefficient (Wildman–Crippen LogP) is 0.892. The van der Waals surface area contributed by atoms with Crippen molar-refractivity contribution in [3.05, 3.63) is 0 Å². The van der Waals surface area contributed by atoms with Gasteiger partial charge in [0.2, 0.25) is 5.91 Å². The maximum absolute atomic E-state index is 11.9. The van der Waals surface area contributed by atoms with Crippen molar-refractivity contribution >= 4 is 5.91 Å². The minimum Gasteiger partial charge on any atom is -0.394 e. The van der Waals surface area contributed by atoms with Crippen LogP contribution < -0.4 is 5.32 Å². The SMILES string of the molecule is CN(C(=O)CNC1(CO)CCCCC1)C1CC1. The molecule has 2 fully saturated rings. The molecule has 0 bridgehead atoms. The van der Waals surface area contributed by atoms with E-state index in [1.165, 1.54) is 6.42 Å². The van der Waals surface area contributed by atoms with Crippen molar-refractivity contribution in [3.63, 3.8) is 0 Å². The topological polar surface area (TPSA) is 52.6 Å². The molecule has 4 heteroatoms. The molecule has 1 amide bonds. The van der Waals surface area contributed by atoms with Gasteiger partial charge in [-0.15, -0.1) is 0 Å². The smallest absolute Gasteiger partial charge is 0.236 e. The average molecular weight is 240 g/mol. The first-order valence-corrected chi connectivity index (χ1v) is 6.78. The van der Waals surface area contributed by atoms with Gasteiger partial charge in [0, 0.05) is 18.6 Å². The second-order valence-electron chi connectivity index (χ2n) is 5.59. The molecule has 2 aliphatic rings. The van der Waals surface area contributed by atoms with Gasteiger partial charge in [-0.1, -0.05) is 19.3 Å². The van der Waals surface area contributed by atoms with Crippen molar-refractivity contribution in [2.45, 2.75) is 56.5 Å². The van der Waals surface area contributed by atoms with E-state index in [1.54, 1.807) is 0 Å². The fourth-order valence-corrected chi connectivity index (χ4v) is 2.67. The van der Waals surface area contributed by atoms with Gasteiger partial charge in [-0.25, -0.2) is 0 Å². The molecular formula is C13H24N2O2. The maximum Gasteiger partial charge on any atom is 0.236 e. The Balaban J connectivity index is 1.80. The summed E-state index contributed by atoms with van der Waals surface area (Å²) in [7, 11) is 1.88. The van der Waals surface area contributed by atoms with Crippen LogP contribution in [0.25, 0.3) is 0 Å². The summed E-state index contributed by atoms with van der Waals surface area (Å²) >= 11 is 0. The van der Waals surface area contributed by atoms with Crippen molar-refractivity contribution in [3.8, 4) is 0 Å². The molecule has 2 saturated carbocycles. The number of hydrogen-bond acceptors (Lipinski definition) is 3. The highest BCUT2D eigenvalue weighted by molar-refractivity contribution is 5.78. The zero-order valence-electron chi connectivity index (χ0n) is 10.7. The second kappa shape index (κ2) is 5.36. The zero-order chi connectivity index (χ0) is 12.3. The van der Waals surface area contributed by atoms with Gasteiger partial charge in [0.25, 0.3) is 0 Å². The monoisotopic (exact) mass is 240 g/mol. The molecule has 0 unspecified atom stereocenters. The standard InChI is InChI=1S/C13H24N2O2/c1-15(11-5-6-11)12(17)9-14-13(10-16)7-3-2-4-8-13/h11,14,16H,2-10H2,1H3. The van der Waals surface area contributed by atoms with Crippen LogP contribution in [0.3, 0.4) is 0 Å². The minimum atomic E-state index is -0.196. The number of aliphatic hydroxyl groups excluding tert-OH is 1. The number of likely N-dealkylation sites (N-methyl/N-ethyl adjacent to an activating group) is 1. The molecule has 2 aliphatic carbocycles. The largest absolute Gasteiger partial charge is 0.394 e. The van der Waals surface area contributed by atoms with E-state index in [1.807, 2.05) is 11.9 Å². The molecule has 0 saturated heterocycles. The molecule has 0 spiro atoms. The summed E-state index contributed by atoms with van der Waals surface area (Å²) in [5.74, 6) is 0.158. The second-order valence-corrected chi connectivity index (χ2v) is 5.59. The van der Waals surface area contributed by atoms with E-state index in [-0.39, 0.29) is 18.1 Å². The number of aliphatic hydroxyl groups is 1. The summed E-state index contributed by atoms with van der Waals surface area (Å²) in [6.07, 6.45) is 7.83. The first kappa shape index (κ1) is 12.8. The van der Waals surface area contributed by atoms with Gasteiger partial charge >= 0.3 is 0 Å². The number of hydrogen-bond donors (Lipinski definition) is 2. The van der Waals surface area contributed by atoms with Crippen molar-refractivity contribution in [2.75, 3.05) is 20.2 Å². The van der Waals surface area contributed by atoms with Gasteiger partial charge in [-0.2, -0.15) is 0 Å². The minimum absolute atomic E-state index is 0.146. The Bertz CT molecular complexity index is 271. The van der Waals surface area contributed by atoms with Crippen LogP contribution >= 0.6 is 0 Å². The quantitative estimate of drug-likeness (QED) is 0.750. The predicted molar refractivity (Wildman–Crippen MR) is 66.7 cm³/mol. The molecule has 0 aromatic rings. The lowest BCUT2D eigenvalue weighted by molar-refractivity contribution is -0.130. The third-order valence-corrected chi connectivity index (χ3v) is 4.22. The van der Waals surface area contributed by atoms with Crippen LogP contribution in [-0.4, -0.2) is 47.7 Å². The number of nitrogens with zero attached hydrogens (tertiary/aromatic N) is 1. The Hall–Kier alpha value is -0.610. The average Bonchev–Trinajstić information content (AvgIpc) is 3.20. The summed E-state index contributed by atoms with van der Waals surface area (Å²) in [6.45, 7) is 0.515. The molecule has 0 aromatic heterocycles. The van der Waals surface area contributed by atoms with E-state index in [0.717, 1.165) is 38.5 Å². The number of carbonyl (C=O) groups excluding carboxylic acids is 1. The van der Waals surface area contributed by atoms with Gasteiger partial charge in [0.1, 0.15) is 0 Å². The van der Waals surface area contributed by atoms with Crippen molar-refractivity contribution in [2.24, 2.45) is 0 Å². The molecule has 2 N–H and O–H groups in total. The molecule has 0 atom stereocenters. The molecule has 2 rings (SSSR count). The number of carbonyl (C=O) groups is 1. The molecule has 4 nitrogen and oxygen atoms in total. The van der Waals surface area contributed by atoms with E-state index in [2.05, 4.69) is 5.32 Å². The first-order valence-electron chi connectivity index (χ1n) is 6.78. The highest BCUT2D eigenvalue weighted by Crippen LogP contribution is 2.28. The first-order chi connectivity index (χ1) is 8.17. The maximum atomic E-state index is 11.9.